The second-order valence-electron chi connectivity index (χ2n) is 4.67. The van der Waals surface area contributed by atoms with Gasteiger partial charge in [0.05, 0.1) is 0 Å². The Kier molecular flexibility index (Phi) is 4.94. The summed E-state index contributed by atoms with van der Waals surface area (Å²) >= 11 is 0. The van der Waals surface area contributed by atoms with E-state index in [1.807, 2.05) is 19.1 Å². The number of halogens is 1. The molecule has 0 aliphatic heterocycles. The van der Waals surface area contributed by atoms with Crippen LogP contribution in [0.2, 0.25) is 0 Å². The van der Waals surface area contributed by atoms with Gasteiger partial charge in [0, 0.05) is 17.6 Å². The number of hydrogen-bond acceptors (Lipinski definition) is 1. The molecular weight excluding hydrogens is 201 g/mol. The van der Waals surface area contributed by atoms with E-state index in [2.05, 4.69) is 26.1 Å². The summed E-state index contributed by atoms with van der Waals surface area (Å²) in [6, 6.07) is 7.48. The fraction of sp³-hybridized carbons (Fsp3) is 0.571. The molecule has 1 rings (SSSR count). The summed E-state index contributed by atoms with van der Waals surface area (Å²) in [5.74, 6) is 0.445. The van der Waals surface area contributed by atoms with Crippen molar-refractivity contribution in [3.05, 3.63) is 35.6 Å². The SMILES string of the molecule is CCC(NC(C)c1ccccc1F)C(C)C. The van der Waals surface area contributed by atoms with E-state index in [0.29, 0.717) is 12.0 Å². The summed E-state index contributed by atoms with van der Waals surface area (Å²) < 4.78 is 13.6. The second kappa shape index (κ2) is 6.00. The molecule has 1 nitrogen and oxygen atoms in total. The standard InChI is InChI=1S/C14H22FN/c1-5-14(10(2)3)16-11(4)12-8-6-7-9-13(12)15/h6-11,14,16H,5H2,1-4H3. The smallest absolute Gasteiger partial charge is 0.127 e. The fourth-order valence-electron chi connectivity index (χ4n) is 2.02. The first-order valence-electron chi connectivity index (χ1n) is 6.06. The molecule has 2 unspecified atom stereocenters. The Labute approximate surface area is 98.1 Å². The van der Waals surface area contributed by atoms with Crippen LogP contribution in [-0.4, -0.2) is 6.04 Å². The van der Waals surface area contributed by atoms with E-state index < -0.39 is 0 Å². The van der Waals surface area contributed by atoms with Gasteiger partial charge in [-0.1, -0.05) is 39.0 Å². The lowest BCUT2D eigenvalue weighted by molar-refractivity contribution is 0.351. The molecule has 1 aromatic rings. The van der Waals surface area contributed by atoms with E-state index in [0.717, 1.165) is 12.0 Å². The maximum absolute atomic E-state index is 13.6. The van der Waals surface area contributed by atoms with Crippen LogP contribution in [0.3, 0.4) is 0 Å². The zero-order valence-electron chi connectivity index (χ0n) is 10.6. The van der Waals surface area contributed by atoms with Crippen LogP contribution in [0.4, 0.5) is 4.39 Å². The quantitative estimate of drug-likeness (QED) is 0.798. The van der Waals surface area contributed by atoms with Gasteiger partial charge in [-0.25, -0.2) is 4.39 Å². The third-order valence-electron chi connectivity index (χ3n) is 3.08. The van der Waals surface area contributed by atoms with Crippen LogP contribution in [0, 0.1) is 11.7 Å². The first-order chi connectivity index (χ1) is 7.56. The van der Waals surface area contributed by atoms with Crippen LogP contribution >= 0.6 is 0 Å². The fourth-order valence-corrected chi connectivity index (χ4v) is 2.02. The van der Waals surface area contributed by atoms with E-state index >= 15 is 0 Å². The minimum absolute atomic E-state index is 0.0635. The lowest BCUT2D eigenvalue weighted by atomic mass is 9.99. The highest BCUT2D eigenvalue weighted by Crippen LogP contribution is 2.18. The van der Waals surface area contributed by atoms with Crippen LogP contribution in [0.1, 0.15) is 45.7 Å². The third kappa shape index (κ3) is 3.31. The van der Waals surface area contributed by atoms with Crippen molar-refractivity contribution >= 4 is 0 Å². The molecule has 16 heavy (non-hydrogen) atoms. The van der Waals surface area contributed by atoms with E-state index in [-0.39, 0.29) is 11.9 Å². The summed E-state index contributed by atoms with van der Waals surface area (Å²) in [6.45, 7) is 8.56. The van der Waals surface area contributed by atoms with E-state index in [4.69, 9.17) is 0 Å². The Morgan fingerprint density at radius 3 is 2.31 bits per heavy atom. The normalized spacial score (nSPS) is 15.1. The van der Waals surface area contributed by atoms with Crippen LogP contribution in [0.15, 0.2) is 24.3 Å². The molecule has 0 radical (unpaired) electrons. The molecule has 0 aromatic heterocycles. The van der Waals surface area contributed by atoms with Crippen molar-refractivity contribution in [2.24, 2.45) is 5.92 Å². The van der Waals surface area contributed by atoms with Crippen LogP contribution < -0.4 is 5.32 Å². The molecular formula is C14H22FN. The average molecular weight is 223 g/mol. The lowest BCUT2D eigenvalue weighted by Gasteiger charge is -2.25. The van der Waals surface area contributed by atoms with Gasteiger partial charge < -0.3 is 5.32 Å². The van der Waals surface area contributed by atoms with E-state index in [9.17, 15) is 4.39 Å². The molecule has 0 spiro atoms. The number of rotatable bonds is 5. The summed E-state index contributed by atoms with van der Waals surface area (Å²) in [6.07, 6.45) is 1.07. The molecule has 0 bridgehead atoms. The van der Waals surface area contributed by atoms with Gasteiger partial charge >= 0.3 is 0 Å². The highest BCUT2D eigenvalue weighted by molar-refractivity contribution is 5.20. The van der Waals surface area contributed by atoms with Gasteiger partial charge in [-0.05, 0) is 25.3 Å². The first-order valence-corrected chi connectivity index (χ1v) is 6.06. The molecule has 0 fully saturated rings. The minimum atomic E-state index is -0.124. The van der Waals surface area contributed by atoms with E-state index in [1.54, 1.807) is 6.07 Å². The first kappa shape index (κ1) is 13.2. The number of nitrogens with one attached hydrogen (secondary N) is 1. The number of benzene rings is 1. The molecule has 0 amide bonds. The Morgan fingerprint density at radius 2 is 1.81 bits per heavy atom. The second-order valence-corrected chi connectivity index (χ2v) is 4.67. The molecule has 0 heterocycles. The maximum atomic E-state index is 13.6. The highest BCUT2D eigenvalue weighted by Gasteiger charge is 2.16. The highest BCUT2D eigenvalue weighted by atomic mass is 19.1. The van der Waals surface area contributed by atoms with Crippen molar-refractivity contribution in [1.29, 1.82) is 0 Å². The molecule has 2 heteroatoms. The van der Waals surface area contributed by atoms with Crippen molar-refractivity contribution in [2.75, 3.05) is 0 Å². The van der Waals surface area contributed by atoms with Crippen molar-refractivity contribution in [3.8, 4) is 0 Å². The Hall–Kier alpha value is -0.890. The minimum Gasteiger partial charge on any atom is -0.307 e. The van der Waals surface area contributed by atoms with Crippen molar-refractivity contribution in [3.63, 3.8) is 0 Å². The predicted octanol–water partition coefficient (Wildman–Crippen LogP) is 3.91. The zero-order chi connectivity index (χ0) is 12.1. The molecule has 0 aliphatic rings. The van der Waals surface area contributed by atoms with Gasteiger partial charge in [0.15, 0.2) is 0 Å². The van der Waals surface area contributed by atoms with Crippen molar-refractivity contribution in [1.82, 2.24) is 5.32 Å². The molecule has 2 atom stereocenters. The molecule has 0 saturated heterocycles. The third-order valence-corrected chi connectivity index (χ3v) is 3.08. The van der Waals surface area contributed by atoms with Gasteiger partial charge in [0.2, 0.25) is 0 Å². The van der Waals surface area contributed by atoms with Gasteiger partial charge in [-0.2, -0.15) is 0 Å². The monoisotopic (exact) mass is 223 g/mol. The van der Waals surface area contributed by atoms with Crippen LogP contribution in [-0.2, 0) is 0 Å². The number of hydrogen-bond donors (Lipinski definition) is 1. The summed E-state index contributed by atoms with van der Waals surface area (Å²) in [4.78, 5) is 0. The van der Waals surface area contributed by atoms with Crippen LogP contribution in [0.5, 0.6) is 0 Å². The summed E-state index contributed by atoms with van der Waals surface area (Å²) in [5, 5.41) is 3.48. The molecule has 1 aromatic carbocycles. The zero-order valence-corrected chi connectivity index (χ0v) is 10.6. The summed E-state index contributed by atoms with van der Waals surface area (Å²) in [5.41, 5.74) is 0.751. The topological polar surface area (TPSA) is 12.0 Å². The van der Waals surface area contributed by atoms with Crippen LogP contribution in [0.25, 0.3) is 0 Å². The molecule has 0 aliphatic carbocycles. The Balaban J connectivity index is 2.72. The van der Waals surface area contributed by atoms with Crippen molar-refractivity contribution < 1.29 is 4.39 Å². The molecule has 0 saturated carbocycles. The van der Waals surface area contributed by atoms with Crippen molar-refractivity contribution in [2.45, 2.75) is 46.2 Å². The average Bonchev–Trinajstić information content (AvgIpc) is 2.25. The van der Waals surface area contributed by atoms with Gasteiger partial charge in [-0.3, -0.25) is 0 Å². The van der Waals surface area contributed by atoms with Gasteiger partial charge in [-0.15, -0.1) is 0 Å². The van der Waals surface area contributed by atoms with Gasteiger partial charge in [0.25, 0.3) is 0 Å². The summed E-state index contributed by atoms with van der Waals surface area (Å²) in [7, 11) is 0. The Morgan fingerprint density at radius 1 is 1.19 bits per heavy atom. The van der Waals surface area contributed by atoms with Gasteiger partial charge in [0.1, 0.15) is 5.82 Å². The lowest BCUT2D eigenvalue weighted by Crippen LogP contribution is -2.35. The maximum Gasteiger partial charge on any atom is 0.127 e. The predicted molar refractivity (Wildman–Crippen MR) is 66.9 cm³/mol. The molecule has 90 valence electrons. The largest absolute Gasteiger partial charge is 0.307 e. The van der Waals surface area contributed by atoms with E-state index in [1.165, 1.54) is 6.07 Å². The molecule has 1 N–H and O–H groups in total. The Bertz CT molecular complexity index is 322.